The van der Waals surface area contributed by atoms with Crippen molar-refractivity contribution in [3.8, 4) is 0 Å². The van der Waals surface area contributed by atoms with Crippen LogP contribution in [0.2, 0.25) is 0 Å². The van der Waals surface area contributed by atoms with E-state index in [2.05, 4.69) is 10.3 Å². The highest BCUT2D eigenvalue weighted by Gasteiger charge is 2.05. The Bertz CT molecular complexity index is 914. The van der Waals surface area contributed by atoms with Crippen LogP contribution in [0.4, 0.5) is 4.39 Å². The molecule has 0 atom stereocenters. The third-order valence-corrected chi connectivity index (χ3v) is 3.75. The van der Waals surface area contributed by atoms with Crippen molar-refractivity contribution in [2.75, 3.05) is 6.54 Å². The van der Waals surface area contributed by atoms with Gasteiger partial charge in [-0.15, -0.1) is 0 Å². The number of carbonyl (C=O) groups excluding carboxylic acids is 1. The molecule has 1 amide bonds. The first-order chi connectivity index (χ1) is 11.6. The number of hydrogen-bond donors (Lipinski definition) is 2. The summed E-state index contributed by atoms with van der Waals surface area (Å²) in [5.41, 5.74) is 2.94. The lowest BCUT2D eigenvalue weighted by Crippen LogP contribution is -2.25. The fraction of sp³-hybridized carbons (Fsp3) is 0.222. The van der Waals surface area contributed by atoms with Crippen molar-refractivity contribution in [2.45, 2.75) is 19.3 Å². The highest BCUT2D eigenvalue weighted by molar-refractivity contribution is 5.76. The zero-order chi connectivity index (χ0) is 16.9. The second-order valence-corrected chi connectivity index (χ2v) is 5.57. The monoisotopic (exact) mass is 328 g/mol. The highest BCUT2D eigenvalue weighted by Crippen LogP contribution is 2.12. The molecule has 124 valence electrons. The molecule has 0 aliphatic rings. The van der Waals surface area contributed by atoms with Gasteiger partial charge in [-0.1, -0.05) is 18.2 Å². The third kappa shape index (κ3) is 4.10. The predicted octanol–water partition coefficient (Wildman–Crippen LogP) is 2.55. The van der Waals surface area contributed by atoms with Crippen molar-refractivity contribution in [2.24, 2.45) is 0 Å². The normalized spacial score (nSPS) is 10.9. The first-order valence-corrected chi connectivity index (χ1v) is 7.73. The number of aromatic nitrogens is 1. The van der Waals surface area contributed by atoms with Crippen molar-refractivity contribution in [1.82, 2.24) is 10.3 Å². The van der Waals surface area contributed by atoms with Gasteiger partial charge in [0.15, 0.2) is 5.58 Å². The Hall–Kier alpha value is -2.89. The Morgan fingerprint density at radius 3 is 2.79 bits per heavy atom. The summed E-state index contributed by atoms with van der Waals surface area (Å²) >= 11 is 0. The van der Waals surface area contributed by atoms with E-state index in [1.165, 1.54) is 12.1 Å². The Morgan fingerprint density at radius 1 is 1.12 bits per heavy atom. The molecular formula is C18H17FN2O3. The van der Waals surface area contributed by atoms with Gasteiger partial charge in [0, 0.05) is 13.0 Å². The molecular weight excluding hydrogens is 311 g/mol. The van der Waals surface area contributed by atoms with Gasteiger partial charge in [-0.05, 0) is 48.2 Å². The Kier molecular flexibility index (Phi) is 4.74. The van der Waals surface area contributed by atoms with Gasteiger partial charge >= 0.3 is 5.76 Å². The van der Waals surface area contributed by atoms with E-state index in [1.54, 1.807) is 24.3 Å². The Labute approximate surface area is 137 Å². The standard InChI is InChI=1S/C18H17FN2O3/c19-14-3-1-2-12(10-14)5-7-17(22)20-9-8-13-4-6-15-16(11-13)24-18(23)21-15/h1-4,6,10-11H,5,7-9H2,(H,20,22)(H,21,23). The fourth-order valence-electron chi connectivity index (χ4n) is 2.53. The van der Waals surface area contributed by atoms with Crippen molar-refractivity contribution in [3.63, 3.8) is 0 Å². The molecule has 0 fully saturated rings. The number of carbonyl (C=O) groups is 1. The number of aryl methyl sites for hydroxylation is 1. The van der Waals surface area contributed by atoms with Crippen LogP contribution < -0.4 is 11.1 Å². The smallest absolute Gasteiger partial charge is 0.408 e. The van der Waals surface area contributed by atoms with Crippen LogP contribution >= 0.6 is 0 Å². The maximum absolute atomic E-state index is 13.1. The lowest BCUT2D eigenvalue weighted by Gasteiger charge is -2.06. The average Bonchev–Trinajstić information content (AvgIpc) is 2.92. The molecule has 0 aliphatic carbocycles. The molecule has 3 aromatic rings. The molecule has 3 rings (SSSR count). The Morgan fingerprint density at radius 2 is 1.96 bits per heavy atom. The van der Waals surface area contributed by atoms with Crippen LogP contribution in [0.1, 0.15) is 17.5 Å². The van der Waals surface area contributed by atoms with Gasteiger partial charge in [0.05, 0.1) is 5.52 Å². The van der Waals surface area contributed by atoms with Gasteiger partial charge < -0.3 is 9.73 Å². The number of benzene rings is 2. The van der Waals surface area contributed by atoms with E-state index >= 15 is 0 Å². The fourth-order valence-corrected chi connectivity index (χ4v) is 2.53. The number of rotatable bonds is 6. The van der Waals surface area contributed by atoms with Crippen LogP contribution in [0.25, 0.3) is 11.1 Å². The molecule has 2 aromatic carbocycles. The summed E-state index contributed by atoms with van der Waals surface area (Å²) in [5, 5.41) is 2.84. The highest BCUT2D eigenvalue weighted by atomic mass is 19.1. The van der Waals surface area contributed by atoms with E-state index < -0.39 is 5.76 Å². The maximum Gasteiger partial charge on any atom is 0.417 e. The number of hydrogen-bond acceptors (Lipinski definition) is 3. The van der Waals surface area contributed by atoms with Crippen LogP contribution in [0.3, 0.4) is 0 Å². The maximum atomic E-state index is 13.1. The SMILES string of the molecule is O=C(CCc1cccc(F)c1)NCCc1ccc2[nH]c(=O)oc2c1. The van der Waals surface area contributed by atoms with Crippen LogP contribution in [0.15, 0.2) is 51.7 Å². The van der Waals surface area contributed by atoms with Gasteiger partial charge in [0.1, 0.15) is 5.82 Å². The molecule has 0 aliphatic heterocycles. The summed E-state index contributed by atoms with van der Waals surface area (Å²) in [6.07, 6.45) is 1.45. The van der Waals surface area contributed by atoms with E-state index in [1.807, 2.05) is 6.07 Å². The first-order valence-electron chi connectivity index (χ1n) is 7.73. The second kappa shape index (κ2) is 7.12. The van der Waals surface area contributed by atoms with E-state index in [-0.39, 0.29) is 11.7 Å². The molecule has 0 saturated carbocycles. The number of H-pyrrole nitrogens is 1. The molecule has 0 saturated heterocycles. The molecule has 2 N–H and O–H groups in total. The Balaban J connectivity index is 1.46. The molecule has 0 unspecified atom stereocenters. The molecule has 0 radical (unpaired) electrons. The lowest BCUT2D eigenvalue weighted by molar-refractivity contribution is -0.121. The zero-order valence-electron chi connectivity index (χ0n) is 13.0. The first kappa shape index (κ1) is 16.0. The van der Waals surface area contributed by atoms with E-state index in [0.717, 1.165) is 11.1 Å². The quantitative estimate of drug-likeness (QED) is 0.730. The summed E-state index contributed by atoms with van der Waals surface area (Å²) in [6, 6.07) is 11.7. The molecule has 1 heterocycles. The largest absolute Gasteiger partial charge is 0.417 e. The molecule has 1 aromatic heterocycles. The van der Waals surface area contributed by atoms with Gasteiger partial charge in [-0.3, -0.25) is 9.78 Å². The second-order valence-electron chi connectivity index (χ2n) is 5.57. The average molecular weight is 328 g/mol. The minimum absolute atomic E-state index is 0.0754. The minimum Gasteiger partial charge on any atom is -0.408 e. The van der Waals surface area contributed by atoms with Gasteiger partial charge in [0.2, 0.25) is 5.91 Å². The van der Waals surface area contributed by atoms with E-state index in [0.29, 0.717) is 36.9 Å². The third-order valence-electron chi connectivity index (χ3n) is 3.75. The summed E-state index contributed by atoms with van der Waals surface area (Å²) in [7, 11) is 0. The molecule has 0 spiro atoms. The number of oxazole rings is 1. The van der Waals surface area contributed by atoms with E-state index in [9.17, 15) is 14.0 Å². The van der Waals surface area contributed by atoms with Crippen LogP contribution in [-0.4, -0.2) is 17.4 Å². The van der Waals surface area contributed by atoms with Gasteiger partial charge in [-0.2, -0.15) is 0 Å². The molecule has 0 bridgehead atoms. The minimum atomic E-state index is -0.479. The van der Waals surface area contributed by atoms with Crippen LogP contribution in [-0.2, 0) is 17.6 Å². The number of halogens is 1. The molecule has 24 heavy (non-hydrogen) atoms. The summed E-state index contributed by atoms with van der Waals surface area (Å²) < 4.78 is 18.1. The lowest BCUT2D eigenvalue weighted by atomic mass is 10.1. The van der Waals surface area contributed by atoms with Crippen molar-refractivity contribution in [3.05, 3.63) is 70.0 Å². The van der Waals surface area contributed by atoms with Crippen molar-refractivity contribution < 1.29 is 13.6 Å². The summed E-state index contributed by atoms with van der Waals surface area (Å²) in [6.45, 7) is 0.488. The van der Waals surface area contributed by atoms with Crippen LogP contribution in [0.5, 0.6) is 0 Å². The van der Waals surface area contributed by atoms with Crippen molar-refractivity contribution in [1.29, 1.82) is 0 Å². The van der Waals surface area contributed by atoms with Gasteiger partial charge in [-0.25, -0.2) is 9.18 Å². The zero-order valence-corrected chi connectivity index (χ0v) is 13.0. The topological polar surface area (TPSA) is 75.1 Å². The number of fused-ring (bicyclic) bond motifs is 1. The number of amides is 1. The predicted molar refractivity (Wildman–Crippen MR) is 88.3 cm³/mol. The van der Waals surface area contributed by atoms with E-state index in [4.69, 9.17) is 4.42 Å². The van der Waals surface area contributed by atoms with Gasteiger partial charge in [0.25, 0.3) is 0 Å². The summed E-state index contributed by atoms with van der Waals surface area (Å²) in [4.78, 5) is 25.5. The number of aromatic amines is 1. The molecule has 5 nitrogen and oxygen atoms in total. The molecule has 6 heteroatoms. The van der Waals surface area contributed by atoms with Crippen molar-refractivity contribution >= 4 is 17.0 Å². The van der Waals surface area contributed by atoms with Crippen LogP contribution in [0, 0.1) is 5.82 Å². The number of nitrogens with one attached hydrogen (secondary N) is 2. The summed E-state index contributed by atoms with van der Waals surface area (Å²) in [5.74, 6) is -0.846.